The zero-order chi connectivity index (χ0) is 69.4. The number of para-hydroxylation sites is 4. The molecule has 3 nitrogen and oxygen atoms in total. The van der Waals surface area contributed by atoms with Crippen molar-refractivity contribution in [3.8, 4) is 55.6 Å². The third-order valence-corrected chi connectivity index (χ3v) is 22.3. The quantitative estimate of drug-likeness (QED) is 0.122. The molecule has 0 aliphatic heterocycles. The Bertz CT molecular complexity index is 5900. The second kappa shape index (κ2) is 25.2. The molecule has 492 valence electrons. The lowest BCUT2D eigenvalue weighted by Crippen LogP contribution is -2.29. The molecule has 104 heavy (non-hydrogen) atoms. The molecule has 3 aliphatic rings. The van der Waals surface area contributed by atoms with Gasteiger partial charge in [0.05, 0.1) is 10.8 Å². The van der Waals surface area contributed by atoms with Crippen molar-refractivity contribution in [2.45, 2.75) is 30.1 Å². The number of anilines is 6. The van der Waals surface area contributed by atoms with E-state index >= 15 is 0 Å². The van der Waals surface area contributed by atoms with Crippen LogP contribution >= 0.6 is 0 Å². The summed E-state index contributed by atoms with van der Waals surface area (Å²) in [6.45, 7) is 4.77. The van der Waals surface area contributed by atoms with Crippen LogP contribution in [0.2, 0.25) is 0 Å². The predicted molar refractivity (Wildman–Crippen MR) is 433 cm³/mol. The third-order valence-electron chi connectivity index (χ3n) is 22.3. The smallest absolute Gasteiger partial charge is 0.143 e. The van der Waals surface area contributed by atoms with Crippen molar-refractivity contribution in [1.82, 2.24) is 0 Å². The normalized spacial score (nSPS) is 13.5. The topological polar surface area (TPSA) is 19.6 Å². The zero-order valence-corrected chi connectivity index (χ0v) is 57.9. The van der Waals surface area contributed by atoms with Gasteiger partial charge < -0.3 is 14.2 Å². The molecule has 0 bridgehead atoms. The highest BCUT2D eigenvalue weighted by atomic mass is 16.3. The lowest BCUT2D eigenvalue weighted by atomic mass is 9.65. The summed E-state index contributed by atoms with van der Waals surface area (Å²) in [4.78, 5) is 4.74. The minimum atomic E-state index is -0.527. The van der Waals surface area contributed by atoms with Crippen LogP contribution in [-0.4, -0.2) is 0 Å². The summed E-state index contributed by atoms with van der Waals surface area (Å²) in [5.74, 6) is 0. The van der Waals surface area contributed by atoms with Gasteiger partial charge >= 0.3 is 0 Å². The molecule has 17 aromatic rings. The Morgan fingerprint density at radius 2 is 0.615 bits per heavy atom. The van der Waals surface area contributed by atoms with Gasteiger partial charge in [-0.15, -0.1) is 0 Å². The average molecular weight is 1330 g/mol. The van der Waals surface area contributed by atoms with E-state index in [2.05, 4.69) is 412 Å². The lowest BCUT2D eigenvalue weighted by molar-refractivity contribution is 0.658. The highest BCUT2D eigenvalue weighted by molar-refractivity contribution is 6.10. The van der Waals surface area contributed by atoms with Crippen LogP contribution in [0, 0.1) is 0 Å². The van der Waals surface area contributed by atoms with Gasteiger partial charge in [0.1, 0.15) is 11.2 Å². The molecule has 3 heteroatoms. The number of furan rings is 1. The molecular weight excluding hydrogens is 1260 g/mol. The molecule has 0 amide bonds. The van der Waals surface area contributed by atoms with Crippen molar-refractivity contribution in [3.63, 3.8) is 0 Å². The fourth-order valence-electron chi connectivity index (χ4n) is 17.7. The molecule has 0 atom stereocenters. The maximum Gasteiger partial charge on any atom is 0.143 e. The molecule has 0 unspecified atom stereocenters. The van der Waals surface area contributed by atoms with Crippen LogP contribution in [0.4, 0.5) is 34.1 Å². The van der Waals surface area contributed by atoms with E-state index in [0.29, 0.717) is 0 Å². The average Bonchev–Trinajstić information content (AvgIpc) is 1.52. The first kappa shape index (κ1) is 62.0. The lowest BCUT2D eigenvalue weighted by Gasteiger charge is -2.36. The minimum absolute atomic E-state index is 0.0998. The molecule has 20 rings (SSSR count). The number of fused-ring (bicyclic) bond motifs is 13. The number of hydrogen-bond acceptors (Lipinski definition) is 3. The van der Waals surface area contributed by atoms with Crippen LogP contribution in [0.1, 0.15) is 69.5 Å². The summed E-state index contributed by atoms with van der Waals surface area (Å²) in [5, 5.41) is 2.27. The highest BCUT2D eigenvalue weighted by Crippen LogP contribution is 2.64. The van der Waals surface area contributed by atoms with E-state index in [9.17, 15) is 0 Å². The second-order valence-electron chi connectivity index (χ2n) is 28.1. The van der Waals surface area contributed by atoms with Crippen LogP contribution in [0.3, 0.4) is 0 Å². The van der Waals surface area contributed by atoms with E-state index < -0.39 is 10.8 Å². The van der Waals surface area contributed by atoms with E-state index in [1.807, 2.05) is 12.1 Å². The van der Waals surface area contributed by atoms with Crippen LogP contribution in [0.5, 0.6) is 0 Å². The molecule has 0 spiro atoms. The van der Waals surface area contributed by atoms with E-state index in [1.54, 1.807) is 0 Å². The standard InChI is InChI=1S/C55H37NO.C46H35N/c1-3-14-38(15-4-1)39-26-32-43(33-27-39)56(44-34-28-40(29-35-44)46-21-13-22-50-49-20-9-12-25-53(49)57-54(46)50)45-36-30-42(31-37-45)55(41-16-5-2-6-17-41)51-23-10-7-18-47(51)48-19-8-11-24-52(48)55;1-45(2)40-26-16-15-25-39(40)43-41(45)30-29-38-37-28-27-36(47(34-21-11-5-12-22-34)35-23-13-6-14-24-35)31-42(37)46(44(38)43,32-17-7-3-8-18-32)33-19-9-4-10-20-33/h1-37H;3-31H,1-2H3. The van der Waals surface area contributed by atoms with Gasteiger partial charge in [-0.25, -0.2) is 0 Å². The molecule has 1 aromatic heterocycles. The van der Waals surface area contributed by atoms with Crippen LogP contribution in [0.25, 0.3) is 77.6 Å². The molecule has 3 aliphatic carbocycles. The summed E-state index contributed by atoms with van der Waals surface area (Å²) >= 11 is 0. The van der Waals surface area contributed by atoms with Gasteiger partial charge in [-0.05, 0) is 185 Å². The zero-order valence-electron chi connectivity index (χ0n) is 57.9. The Morgan fingerprint density at radius 3 is 1.19 bits per heavy atom. The molecule has 0 saturated carbocycles. The molecular formula is C101H72N2O. The Morgan fingerprint density at radius 1 is 0.231 bits per heavy atom. The van der Waals surface area contributed by atoms with E-state index in [0.717, 1.165) is 67.2 Å². The fraction of sp³-hybridized carbons (Fsp3) is 0.0495. The van der Waals surface area contributed by atoms with Crippen molar-refractivity contribution in [2.24, 2.45) is 0 Å². The number of benzene rings is 16. The first-order valence-electron chi connectivity index (χ1n) is 36.1. The first-order chi connectivity index (χ1) is 51.4. The summed E-state index contributed by atoms with van der Waals surface area (Å²) in [6, 6.07) is 146. The van der Waals surface area contributed by atoms with Gasteiger partial charge in [-0.3, -0.25) is 0 Å². The molecule has 0 saturated heterocycles. The maximum atomic E-state index is 6.43. The number of hydrogen-bond donors (Lipinski definition) is 0. The minimum Gasteiger partial charge on any atom is -0.455 e. The Hall–Kier alpha value is -13.1. The number of rotatable bonds is 12. The molecule has 0 fully saturated rings. The van der Waals surface area contributed by atoms with Crippen LogP contribution in [-0.2, 0) is 16.2 Å². The Kier molecular flexibility index (Phi) is 15.0. The van der Waals surface area contributed by atoms with Crippen molar-refractivity contribution in [1.29, 1.82) is 0 Å². The van der Waals surface area contributed by atoms with Gasteiger partial charge in [0.2, 0.25) is 0 Å². The SMILES string of the molecule is CC1(C)c2ccccc2-c2c1ccc1c2C(c2ccccc2)(c2ccccc2)c2cc(N(c3ccccc3)c3ccccc3)ccc2-1.c1ccc(-c2ccc(N(c3ccc(-c4cccc5c4oc4ccccc45)cc3)c3ccc(C4(c5ccccc5)c5ccccc5-c5ccccc54)cc3)cc2)cc1. The van der Waals surface area contributed by atoms with Gasteiger partial charge in [-0.2, -0.15) is 0 Å². The van der Waals surface area contributed by atoms with Crippen molar-refractivity contribution >= 4 is 56.1 Å². The first-order valence-corrected chi connectivity index (χ1v) is 36.1. The number of nitrogens with zero attached hydrogens (tertiary/aromatic N) is 2. The molecule has 16 aromatic carbocycles. The highest BCUT2D eigenvalue weighted by Gasteiger charge is 2.52. The third kappa shape index (κ3) is 9.79. The van der Waals surface area contributed by atoms with E-state index in [1.165, 1.54) is 100 Å². The van der Waals surface area contributed by atoms with Gasteiger partial charge in [-0.1, -0.05) is 335 Å². The summed E-state index contributed by atoms with van der Waals surface area (Å²) in [5.41, 5.74) is 33.1. The Balaban J connectivity index is 0.000000146. The monoisotopic (exact) mass is 1330 g/mol. The van der Waals surface area contributed by atoms with Crippen molar-refractivity contribution in [2.75, 3.05) is 9.80 Å². The van der Waals surface area contributed by atoms with Crippen molar-refractivity contribution < 1.29 is 4.42 Å². The van der Waals surface area contributed by atoms with E-state index in [-0.39, 0.29) is 5.41 Å². The van der Waals surface area contributed by atoms with Crippen molar-refractivity contribution in [3.05, 3.63) is 456 Å². The van der Waals surface area contributed by atoms with Crippen LogP contribution in [0.15, 0.2) is 405 Å². The molecule has 1 heterocycles. The van der Waals surface area contributed by atoms with Gasteiger partial charge in [0.15, 0.2) is 0 Å². The predicted octanol–water partition coefficient (Wildman–Crippen LogP) is 26.6. The summed E-state index contributed by atoms with van der Waals surface area (Å²) in [7, 11) is 0. The Labute approximate surface area is 608 Å². The van der Waals surface area contributed by atoms with Crippen LogP contribution < -0.4 is 9.80 Å². The molecule has 0 radical (unpaired) electrons. The molecule has 0 N–H and O–H groups in total. The van der Waals surface area contributed by atoms with Gasteiger partial charge in [0, 0.05) is 55.9 Å². The van der Waals surface area contributed by atoms with Gasteiger partial charge in [0.25, 0.3) is 0 Å². The summed E-state index contributed by atoms with van der Waals surface area (Å²) < 4.78 is 6.43. The fourth-order valence-corrected chi connectivity index (χ4v) is 17.7. The second-order valence-corrected chi connectivity index (χ2v) is 28.1. The summed E-state index contributed by atoms with van der Waals surface area (Å²) in [6.07, 6.45) is 0. The maximum absolute atomic E-state index is 6.43. The largest absolute Gasteiger partial charge is 0.455 e. The van der Waals surface area contributed by atoms with E-state index in [4.69, 9.17) is 4.42 Å².